The molecule has 1 unspecified atom stereocenters. The molecule has 3 rings (SSSR count). The third kappa shape index (κ3) is 5.59. The van der Waals surface area contributed by atoms with E-state index in [4.69, 9.17) is 4.42 Å². The first-order valence-electron chi connectivity index (χ1n) is 9.00. The van der Waals surface area contributed by atoms with Crippen molar-refractivity contribution in [3.05, 3.63) is 41.8 Å². The molecule has 1 aliphatic carbocycles. The highest BCUT2D eigenvalue weighted by Crippen LogP contribution is 2.22. The van der Waals surface area contributed by atoms with Gasteiger partial charge in [0.15, 0.2) is 0 Å². The van der Waals surface area contributed by atoms with Crippen LogP contribution < -0.4 is 5.32 Å². The van der Waals surface area contributed by atoms with E-state index >= 15 is 0 Å². The number of benzene rings is 1. The maximum absolute atomic E-state index is 12.0. The van der Waals surface area contributed by atoms with E-state index in [0.29, 0.717) is 35.2 Å². The number of carbonyl (C=O) groups excluding carboxylic acids is 1. The van der Waals surface area contributed by atoms with Crippen LogP contribution >= 0.6 is 11.8 Å². The highest BCUT2D eigenvalue weighted by atomic mass is 32.2. The van der Waals surface area contributed by atoms with Crippen LogP contribution in [0.15, 0.2) is 40.0 Å². The zero-order valence-corrected chi connectivity index (χ0v) is 15.4. The van der Waals surface area contributed by atoms with Crippen molar-refractivity contribution in [1.29, 1.82) is 0 Å². The van der Waals surface area contributed by atoms with E-state index in [9.17, 15) is 4.79 Å². The summed E-state index contributed by atoms with van der Waals surface area (Å²) in [6.45, 7) is 2.14. The van der Waals surface area contributed by atoms with Gasteiger partial charge in [-0.05, 0) is 24.3 Å². The highest BCUT2D eigenvalue weighted by Gasteiger charge is 2.17. The largest absolute Gasteiger partial charge is 0.416 e. The van der Waals surface area contributed by atoms with Gasteiger partial charge in [-0.2, -0.15) is 0 Å². The Labute approximate surface area is 153 Å². The number of thioether (sulfide) groups is 1. The molecule has 1 fully saturated rings. The molecule has 0 radical (unpaired) electrons. The summed E-state index contributed by atoms with van der Waals surface area (Å²) >= 11 is 1.31. The fourth-order valence-electron chi connectivity index (χ4n) is 3.18. The Kier molecular flexibility index (Phi) is 6.50. The number of aromatic nitrogens is 2. The molecule has 1 aliphatic rings. The van der Waals surface area contributed by atoms with Gasteiger partial charge in [0.05, 0.1) is 5.75 Å². The third-order valence-corrected chi connectivity index (χ3v) is 5.41. The lowest BCUT2D eigenvalue weighted by atomic mass is 9.95. The SMILES string of the molecule is CC(Cc1nnc(SCC(=O)NC2CCCCC2)o1)c1ccccc1. The van der Waals surface area contributed by atoms with Crippen LogP contribution in [0.4, 0.5) is 0 Å². The predicted octanol–water partition coefficient (Wildman–Crippen LogP) is 3.96. The summed E-state index contributed by atoms with van der Waals surface area (Å²) in [5, 5.41) is 11.7. The van der Waals surface area contributed by atoms with Crippen molar-refractivity contribution in [2.45, 2.75) is 62.6 Å². The van der Waals surface area contributed by atoms with Crippen LogP contribution in [0, 0.1) is 0 Å². The molecule has 134 valence electrons. The highest BCUT2D eigenvalue weighted by molar-refractivity contribution is 7.99. The van der Waals surface area contributed by atoms with Gasteiger partial charge in [-0.3, -0.25) is 4.79 Å². The van der Waals surface area contributed by atoms with Gasteiger partial charge >= 0.3 is 0 Å². The molecular weight excluding hydrogens is 334 g/mol. The van der Waals surface area contributed by atoms with Crippen molar-refractivity contribution >= 4 is 17.7 Å². The second-order valence-electron chi connectivity index (χ2n) is 6.67. The molecule has 1 aromatic carbocycles. The summed E-state index contributed by atoms with van der Waals surface area (Å²) in [4.78, 5) is 12.0. The number of amides is 1. The molecule has 2 aromatic rings. The summed E-state index contributed by atoms with van der Waals surface area (Å²) < 4.78 is 5.68. The molecule has 1 saturated carbocycles. The average molecular weight is 359 g/mol. The van der Waals surface area contributed by atoms with Crippen LogP contribution in [0.25, 0.3) is 0 Å². The van der Waals surface area contributed by atoms with Crippen LogP contribution in [0.2, 0.25) is 0 Å². The minimum Gasteiger partial charge on any atom is -0.416 e. The fourth-order valence-corrected chi connectivity index (χ4v) is 3.78. The van der Waals surface area contributed by atoms with Crippen molar-refractivity contribution in [3.8, 4) is 0 Å². The number of hydrogen-bond donors (Lipinski definition) is 1. The first-order chi connectivity index (χ1) is 12.2. The lowest BCUT2D eigenvalue weighted by molar-refractivity contribution is -0.119. The van der Waals surface area contributed by atoms with Gasteiger partial charge in [-0.1, -0.05) is 68.3 Å². The molecular formula is C19H25N3O2S. The Balaban J connectivity index is 1.44. The standard InChI is InChI=1S/C19H25N3O2S/c1-14(15-8-4-2-5-9-15)12-18-21-22-19(24-18)25-13-17(23)20-16-10-6-3-7-11-16/h2,4-5,8-9,14,16H,3,6-7,10-13H2,1H3,(H,20,23). The number of carbonyl (C=O) groups is 1. The van der Waals surface area contributed by atoms with Gasteiger partial charge in [-0.15, -0.1) is 10.2 Å². The maximum atomic E-state index is 12.0. The van der Waals surface area contributed by atoms with Crippen molar-refractivity contribution < 1.29 is 9.21 Å². The Morgan fingerprint density at radius 2 is 2.00 bits per heavy atom. The summed E-state index contributed by atoms with van der Waals surface area (Å²) in [5.41, 5.74) is 1.25. The first kappa shape index (κ1) is 18.0. The lowest BCUT2D eigenvalue weighted by Crippen LogP contribution is -2.37. The third-order valence-electron chi connectivity index (χ3n) is 4.59. The summed E-state index contributed by atoms with van der Waals surface area (Å²) in [6, 6.07) is 10.6. The molecule has 1 aromatic heterocycles. The average Bonchev–Trinajstić information content (AvgIpc) is 3.09. The van der Waals surface area contributed by atoms with E-state index in [1.807, 2.05) is 18.2 Å². The summed E-state index contributed by atoms with van der Waals surface area (Å²) in [7, 11) is 0. The molecule has 1 atom stereocenters. The van der Waals surface area contributed by atoms with Crippen LogP contribution in [0.1, 0.15) is 56.4 Å². The second-order valence-corrected chi connectivity index (χ2v) is 7.60. The number of hydrogen-bond acceptors (Lipinski definition) is 5. The van der Waals surface area contributed by atoms with E-state index in [1.165, 1.54) is 36.6 Å². The maximum Gasteiger partial charge on any atom is 0.277 e. The zero-order valence-electron chi connectivity index (χ0n) is 14.6. The molecule has 1 amide bonds. The van der Waals surface area contributed by atoms with Gasteiger partial charge in [0.25, 0.3) is 5.22 Å². The normalized spacial score (nSPS) is 16.5. The predicted molar refractivity (Wildman–Crippen MR) is 98.6 cm³/mol. The topological polar surface area (TPSA) is 68.0 Å². The molecule has 25 heavy (non-hydrogen) atoms. The van der Waals surface area contributed by atoms with E-state index in [0.717, 1.165) is 12.8 Å². The molecule has 5 nitrogen and oxygen atoms in total. The molecule has 0 bridgehead atoms. The number of rotatable bonds is 7. The second kappa shape index (κ2) is 9.04. The lowest BCUT2D eigenvalue weighted by Gasteiger charge is -2.22. The monoisotopic (exact) mass is 359 g/mol. The smallest absolute Gasteiger partial charge is 0.277 e. The molecule has 0 spiro atoms. The van der Waals surface area contributed by atoms with Crippen molar-refractivity contribution in [2.24, 2.45) is 0 Å². The minimum absolute atomic E-state index is 0.0503. The van der Waals surface area contributed by atoms with E-state index < -0.39 is 0 Å². The van der Waals surface area contributed by atoms with Gasteiger partial charge in [0.1, 0.15) is 0 Å². The molecule has 1 heterocycles. The Morgan fingerprint density at radius 1 is 1.24 bits per heavy atom. The van der Waals surface area contributed by atoms with E-state index in [2.05, 4.69) is 34.6 Å². The van der Waals surface area contributed by atoms with Crippen LogP contribution in [-0.4, -0.2) is 27.9 Å². The van der Waals surface area contributed by atoms with E-state index in [1.54, 1.807) is 0 Å². The van der Waals surface area contributed by atoms with Crippen molar-refractivity contribution in [3.63, 3.8) is 0 Å². The minimum atomic E-state index is 0.0503. The zero-order chi connectivity index (χ0) is 17.5. The number of nitrogens with one attached hydrogen (secondary N) is 1. The van der Waals surface area contributed by atoms with Crippen LogP contribution in [-0.2, 0) is 11.2 Å². The quantitative estimate of drug-likeness (QED) is 0.758. The van der Waals surface area contributed by atoms with Gasteiger partial charge < -0.3 is 9.73 Å². The number of nitrogens with zero attached hydrogens (tertiary/aromatic N) is 2. The first-order valence-corrected chi connectivity index (χ1v) is 9.99. The fraction of sp³-hybridized carbons (Fsp3) is 0.526. The molecule has 6 heteroatoms. The van der Waals surface area contributed by atoms with Crippen molar-refractivity contribution in [1.82, 2.24) is 15.5 Å². The van der Waals surface area contributed by atoms with Crippen LogP contribution in [0.3, 0.4) is 0 Å². The summed E-state index contributed by atoms with van der Waals surface area (Å²) in [6.07, 6.45) is 6.60. The van der Waals surface area contributed by atoms with E-state index in [-0.39, 0.29) is 5.91 Å². The van der Waals surface area contributed by atoms with Gasteiger partial charge in [-0.25, -0.2) is 0 Å². The Bertz CT molecular complexity index is 668. The molecule has 0 saturated heterocycles. The van der Waals surface area contributed by atoms with Crippen molar-refractivity contribution in [2.75, 3.05) is 5.75 Å². The van der Waals surface area contributed by atoms with Gasteiger partial charge in [0, 0.05) is 12.5 Å². The molecule has 0 aliphatic heterocycles. The summed E-state index contributed by atoms with van der Waals surface area (Å²) in [5.74, 6) is 1.31. The van der Waals surface area contributed by atoms with Gasteiger partial charge in [0.2, 0.25) is 11.8 Å². The Hall–Kier alpha value is -1.82. The van der Waals surface area contributed by atoms with Crippen LogP contribution in [0.5, 0.6) is 0 Å². The Morgan fingerprint density at radius 3 is 2.76 bits per heavy atom. The molecule has 1 N–H and O–H groups in total.